The van der Waals surface area contributed by atoms with Gasteiger partial charge in [0.1, 0.15) is 0 Å². The van der Waals surface area contributed by atoms with Crippen molar-refractivity contribution in [3.05, 3.63) is 46.8 Å². The first-order valence-electron chi connectivity index (χ1n) is 6.12. The Labute approximate surface area is 132 Å². The molecule has 114 valence electrons. The number of aromatic nitrogens is 3. The van der Waals surface area contributed by atoms with Crippen LogP contribution in [0.1, 0.15) is 16.3 Å². The summed E-state index contributed by atoms with van der Waals surface area (Å²) >= 11 is 6.25. The van der Waals surface area contributed by atoms with Crippen molar-refractivity contribution in [2.75, 3.05) is 5.73 Å². The number of alkyl halides is 3. The van der Waals surface area contributed by atoms with Gasteiger partial charge >= 0.3 is 11.3 Å². The van der Waals surface area contributed by atoms with Crippen molar-refractivity contribution >= 4 is 28.1 Å². The fraction of sp³-hybridized carbons (Fsp3) is 0.154. The van der Waals surface area contributed by atoms with E-state index in [4.69, 9.17) is 17.3 Å². The molecule has 3 rings (SSSR count). The Morgan fingerprint density at radius 2 is 2.00 bits per heavy atom. The first-order chi connectivity index (χ1) is 10.4. The minimum absolute atomic E-state index is 0.0592. The molecule has 2 heterocycles. The van der Waals surface area contributed by atoms with Crippen LogP contribution in [0.15, 0.2) is 35.0 Å². The lowest BCUT2D eigenvalue weighted by Gasteiger charge is -2.00. The lowest BCUT2D eigenvalue weighted by Crippen LogP contribution is -2.03. The molecule has 5 nitrogen and oxygen atoms in total. The molecule has 0 bridgehead atoms. The molecular formula is C13H9ClF2N4OS. The quantitative estimate of drug-likeness (QED) is 0.732. The number of thiazole rings is 1. The first-order valence-corrected chi connectivity index (χ1v) is 7.31. The number of hydrogen-bond donors (Lipinski definition) is 1. The van der Waals surface area contributed by atoms with Gasteiger partial charge in [0, 0.05) is 23.1 Å². The summed E-state index contributed by atoms with van der Waals surface area (Å²) in [5, 5.41) is 0.347. The minimum Gasteiger partial charge on any atom is -0.375 e. The molecule has 2 aromatic heterocycles. The monoisotopic (exact) mass is 342 g/mol. The van der Waals surface area contributed by atoms with Crippen LogP contribution in [0.4, 0.5) is 13.9 Å². The predicted molar refractivity (Wildman–Crippen MR) is 78.8 cm³/mol. The summed E-state index contributed by atoms with van der Waals surface area (Å²) in [6.45, 7) is 0. The molecule has 0 aliphatic rings. The van der Waals surface area contributed by atoms with Gasteiger partial charge in [-0.05, 0) is 17.2 Å². The van der Waals surface area contributed by atoms with E-state index >= 15 is 0 Å². The zero-order chi connectivity index (χ0) is 15.7. The Balaban J connectivity index is 1.78. The third kappa shape index (κ3) is 3.23. The van der Waals surface area contributed by atoms with Crippen LogP contribution in [0.2, 0.25) is 0 Å². The topological polar surface area (TPSA) is 77.8 Å². The highest BCUT2D eigenvalue weighted by Crippen LogP contribution is 2.32. The van der Waals surface area contributed by atoms with Crippen LogP contribution in [-0.4, -0.2) is 15.1 Å². The zero-order valence-electron chi connectivity index (χ0n) is 11.0. The molecule has 0 fully saturated rings. The SMILES string of the molecule is Nc1ncc(Cc2ccc(-c3noc(C(F)(F)Cl)n3)cc2)s1. The minimum atomic E-state index is -3.67. The maximum Gasteiger partial charge on any atom is 0.400 e. The fourth-order valence-electron chi connectivity index (χ4n) is 1.83. The summed E-state index contributed by atoms with van der Waals surface area (Å²) in [6, 6.07) is 7.14. The van der Waals surface area contributed by atoms with Crippen molar-refractivity contribution in [1.82, 2.24) is 15.1 Å². The van der Waals surface area contributed by atoms with Crippen LogP contribution in [0, 0.1) is 0 Å². The zero-order valence-corrected chi connectivity index (χ0v) is 12.5. The van der Waals surface area contributed by atoms with Crippen LogP contribution in [0.3, 0.4) is 0 Å². The third-order valence-corrected chi connectivity index (χ3v) is 3.82. The highest BCUT2D eigenvalue weighted by atomic mass is 35.5. The lowest BCUT2D eigenvalue weighted by molar-refractivity contribution is 0.0551. The Hall–Kier alpha value is -2.06. The maximum atomic E-state index is 12.8. The number of nitrogen functional groups attached to an aromatic ring is 1. The number of anilines is 1. The second-order valence-electron chi connectivity index (χ2n) is 4.46. The molecular weight excluding hydrogens is 334 g/mol. The van der Waals surface area contributed by atoms with E-state index < -0.39 is 11.3 Å². The highest BCUT2D eigenvalue weighted by molar-refractivity contribution is 7.15. The number of halogens is 3. The van der Waals surface area contributed by atoms with Gasteiger partial charge in [0.25, 0.3) is 0 Å². The van der Waals surface area contributed by atoms with Gasteiger partial charge in [0.2, 0.25) is 5.82 Å². The predicted octanol–water partition coefficient (Wildman–Crippen LogP) is 3.65. The van der Waals surface area contributed by atoms with Crippen LogP contribution >= 0.6 is 22.9 Å². The van der Waals surface area contributed by atoms with E-state index in [0.29, 0.717) is 17.1 Å². The molecule has 2 N–H and O–H groups in total. The second kappa shape index (κ2) is 5.62. The number of nitrogens with two attached hydrogens (primary N) is 1. The second-order valence-corrected chi connectivity index (χ2v) is 6.08. The number of benzene rings is 1. The van der Waals surface area contributed by atoms with Crippen molar-refractivity contribution in [2.45, 2.75) is 11.8 Å². The third-order valence-electron chi connectivity index (χ3n) is 2.83. The van der Waals surface area contributed by atoms with E-state index in [9.17, 15) is 8.78 Å². The van der Waals surface area contributed by atoms with Crippen molar-refractivity contribution in [1.29, 1.82) is 0 Å². The standard InChI is InChI=1S/C13H9ClF2N4OS/c14-13(15,16)11-19-10(20-21-11)8-3-1-7(2-4-8)5-9-6-18-12(17)22-9/h1-4,6H,5H2,(H2,17,18). The van der Waals surface area contributed by atoms with E-state index in [-0.39, 0.29) is 5.82 Å². The maximum absolute atomic E-state index is 12.8. The molecule has 0 aliphatic carbocycles. The van der Waals surface area contributed by atoms with Crippen LogP contribution in [-0.2, 0) is 11.8 Å². The Morgan fingerprint density at radius 1 is 1.27 bits per heavy atom. The van der Waals surface area contributed by atoms with Gasteiger partial charge in [0.15, 0.2) is 5.13 Å². The lowest BCUT2D eigenvalue weighted by atomic mass is 10.1. The summed E-state index contributed by atoms with van der Waals surface area (Å²) in [6.07, 6.45) is 2.41. The van der Waals surface area contributed by atoms with Crippen LogP contribution < -0.4 is 5.73 Å². The molecule has 0 saturated heterocycles. The average molecular weight is 343 g/mol. The molecule has 9 heteroatoms. The van der Waals surface area contributed by atoms with Crippen molar-refractivity contribution < 1.29 is 13.3 Å². The highest BCUT2D eigenvalue weighted by Gasteiger charge is 2.35. The smallest absolute Gasteiger partial charge is 0.375 e. The molecule has 22 heavy (non-hydrogen) atoms. The Morgan fingerprint density at radius 3 is 2.55 bits per heavy atom. The first kappa shape index (κ1) is 14.9. The number of nitrogens with zero attached hydrogens (tertiary/aromatic N) is 3. The van der Waals surface area contributed by atoms with Crippen molar-refractivity contribution in [3.63, 3.8) is 0 Å². The van der Waals surface area contributed by atoms with Gasteiger partial charge in [-0.15, -0.1) is 11.3 Å². The van der Waals surface area contributed by atoms with Gasteiger partial charge < -0.3 is 10.3 Å². The van der Waals surface area contributed by atoms with E-state index in [1.807, 2.05) is 12.1 Å². The molecule has 0 aliphatic heterocycles. The molecule has 0 radical (unpaired) electrons. The molecule has 0 saturated carbocycles. The van der Waals surface area contributed by atoms with Gasteiger partial charge in [-0.3, -0.25) is 0 Å². The molecule has 1 aromatic carbocycles. The van der Waals surface area contributed by atoms with Gasteiger partial charge in [-0.2, -0.15) is 13.8 Å². The summed E-state index contributed by atoms with van der Waals surface area (Å²) in [7, 11) is 0. The van der Waals surface area contributed by atoms with E-state index in [1.165, 1.54) is 11.3 Å². The van der Waals surface area contributed by atoms with Crippen molar-refractivity contribution in [3.8, 4) is 11.4 Å². The number of hydrogen-bond acceptors (Lipinski definition) is 6. The van der Waals surface area contributed by atoms with Gasteiger partial charge in [-0.25, -0.2) is 4.98 Å². The number of rotatable bonds is 4. The molecule has 0 amide bonds. The molecule has 0 spiro atoms. The average Bonchev–Trinajstić information content (AvgIpc) is 3.08. The Kier molecular flexibility index (Phi) is 3.79. The molecule has 0 atom stereocenters. The van der Waals surface area contributed by atoms with Crippen LogP contribution in [0.5, 0.6) is 0 Å². The van der Waals surface area contributed by atoms with Crippen molar-refractivity contribution in [2.24, 2.45) is 0 Å². The summed E-state index contributed by atoms with van der Waals surface area (Å²) < 4.78 is 30.1. The summed E-state index contributed by atoms with van der Waals surface area (Å²) in [5.41, 5.74) is 7.16. The van der Waals surface area contributed by atoms with E-state index in [1.54, 1.807) is 18.3 Å². The summed E-state index contributed by atoms with van der Waals surface area (Å²) in [4.78, 5) is 8.60. The van der Waals surface area contributed by atoms with Crippen LogP contribution in [0.25, 0.3) is 11.4 Å². The summed E-state index contributed by atoms with van der Waals surface area (Å²) in [5.74, 6) is -0.864. The molecule has 0 unspecified atom stereocenters. The van der Waals surface area contributed by atoms with E-state index in [2.05, 4.69) is 19.6 Å². The van der Waals surface area contributed by atoms with Gasteiger partial charge in [0.05, 0.1) is 0 Å². The normalized spacial score (nSPS) is 11.8. The largest absolute Gasteiger partial charge is 0.400 e. The van der Waals surface area contributed by atoms with Gasteiger partial charge in [-0.1, -0.05) is 29.4 Å². The fourth-order valence-corrected chi connectivity index (χ4v) is 2.63. The van der Waals surface area contributed by atoms with E-state index in [0.717, 1.165) is 10.4 Å². The molecule has 3 aromatic rings. The Bertz CT molecular complexity index is 782.